The Morgan fingerprint density at radius 2 is 1.88 bits per heavy atom. The fraction of sp³-hybridized carbons (Fsp3) is 0.278. The number of nitrogens with one attached hydrogen (secondary N) is 1. The first-order valence-corrected chi connectivity index (χ1v) is 9.90. The van der Waals surface area contributed by atoms with Crippen LogP contribution < -0.4 is 14.4 Å². The number of ether oxygens (including phenoxy) is 1. The Labute approximate surface area is 152 Å². The van der Waals surface area contributed by atoms with Crippen molar-refractivity contribution in [3.05, 3.63) is 54.3 Å². The lowest BCUT2D eigenvalue weighted by atomic mass is 10.2. The van der Waals surface area contributed by atoms with Crippen LogP contribution in [0.4, 0.5) is 15.8 Å². The van der Waals surface area contributed by atoms with Crippen molar-refractivity contribution in [1.82, 2.24) is 0 Å². The lowest BCUT2D eigenvalue weighted by molar-refractivity contribution is -0.116. The predicted molar refractivity (Wildman–Crippen MR) is 99.4 cm³/mol. The molecule has 1 N–H and O–H groups in total. The van der Waals surface area contributed by atoms with Gasteiger partial charge in [-0.1, -0.05) is 6.07 Å². The minimum Gasteiger partial charge on any atom is -0.494 e. The zero-order chi connectivity index (χ0) is 19.2. The van der Waals surface area contributed by atoms with Crippen molar-refractivity contribution >= 4 is 27.3 Å². The molecule has 0 saturated heterocycles. The van der Waals surface area contributed by atoms with Crippen LogP contribution in [0.2, 0.25) is 0 Å². The van der Waals surface area contributed by atoms with Crippen LogP contribution in [0.1, 0.15) is 13.3 Å². The van der Waals surface area contributed by atoms with Gasteiger partial charge < -0.3 is 10.1 Å². The third kappa shape index (κ3) is 5.73. The molecule has 26 heavy (non-hydrogen) atoms. The summed E-state index contributed by atoms with van der Waals surface area (Å²) in [6.07, 6.45) is 0.944. The van der Waals surface area contributed by atoms with Gasteiger partial charge in [0.05, 0.1) is 18.6 Å². The van der Waals surface area contributed by atoms with E-state index in [-0.39, 0.29) is 24.6 Å². The van der Waals surface area contributed by atoms with Gasteiger partial charge in [-0.3, -0.25) is 9.10 Å². The number of rotatable bonds is 8. The molecule has 2 aromatic rings. The highest BCUT2D eigenvalue weighted by Crippen LogP contribution is 2.20. The summed E-state index contributed by atoms with van der Waals surface area (Å²) in [6, 6.07) is 12.1. The molecule has 0 atom stereocenters. The van der Waals surface area contributed by atoms with Crippen molar-refractivity contribution in [1.29, 1.82) is 0 Å². The Morgan fingerprint density at radius 1 is 1.19 bits per heavy atom. The van der Waals surface area contributed by atoms with Gasteiger partial charge in [0.1, 0.15) is 11.6 Å². The number of halogens is 1. The number of benzene rings is 2. The van der Waals surface area contributed by atoms with E-state index < -0.39 is 15.8 Å². The molecule has 0 fully saturated rings. The minimum absolute atomic E-state index is 0.0726. The summed E-state index contributed by atoms with van der Waals surface area (Å²) in [6.45, 7) is 2.33. The van der Waals surface area contributed by atoms with Gasteiger partial charge in [0.15, 0.2) is 0 Å². The summed E-state index contributed by atoms with van der Waals surface area (Å²) >= 11 is 0. The molecule has 140 valence electrons. The predicted octanol–water partition coefficient (Wildman–Crippen LogP) is 3.02. The van der Waals surface area contributed by atoms with Gasteiger partial charge in [-0.15, -0.1) is 0 Å². The molecule has 2 rings (SSSR count). The second-order valence-corrected chi connectivity index (χ2v) is 7.48. The zero-order valence-corrected chi connectivity index (χ0v) is 15.4. The van der Waals surface area contributed by atoms with Crippen molar-refractivity contribution < 1.29 is 22.3 Å². The molecule has 8 heteroatoms. The number of carbonyl (C=O) groups excluding carboxylic acids is 1. The topological polar surface area (TPSA) is 75.7 Å². The number of nitrogens with zero attached hydrogens (tertiary/aromatic N) is 1. The molecular formula is C18H21FN2O4S. The van der Waals surface area contributed by atoms with Crippen LogP contribution in [0.5, 0.6) is 5.75 Å². The summed E-state index contributed by atoms with van der Waals surface area (Å²) in [5, 5.41) is 2.69. The van der Waals surface area contributed by atoms with Crippen molar-refractivity contribution in [2.45, 2.75) is 13.3 Å². The number of hydrogen-bond donors (Lipinski definition) is 1. The quantitative estimate of drug-likeness (QED) is 0.764. The molecule has 6 nitrogen and oxygen atoms in total. The summed E-state index contributed by atoms with van der Waals surface area (Å²) in [4.78, 5) is 12.1. The zero-order valence-electron chi connectivity index (χ0n) is 14.6. The van der Waals surface area contributed by atoms with Crippen molar-refractivity contribution in [2.24, 2.45) is 0 Å². The van der Waals surface area contributed by atoms with E-state index in [0.717, 1.165) is 16.6 Å². The van der Waals surface area contributed by atoms with Crippen LogP contribution in [0, 0.1) is 5.82 Å². The van der Waals surface area contributed by atoms with E-state index in [1.54, 1.807) is 24.3 Å². The molecular weight excluding hydrogens is 359 g/mol. The fourth-order valence-corrected chi connectivity index (χ4v) is 3.26. The fourth-order valence-electron chi connectivity index (χ4n) is 2.35. The molecule has 0 aliphatic rings. The summed E-state index contributed by atoms with van der Waals surface area (Å²) in [5.74, 6) is -0.200. The van der Waals surface area contributed by atoms with Gasteiger partial charge in [0.2, 0.25) is 15.9 Å². The van der Waals surface area contributed by atoms with Crippen molar-refractivity contribution in [2.75, 3.05) is 29.0 Å². The van der Waals surface area contributed by atoms with Gasteiger partial charge in [0, 0.05) is 18.7 Å². The molecule has 0 unspecified atom stereocenters. The van der Waals surface area contributed by atoms with E-state index in [0.29, 0.717) is 18.0 Å². The third-order valence-corrected chi connectivity index (χ3v) is 4.68. The largest absolute Gasteiger partial charge is 0.494 e. The second kappa shape index (κ2) is 8.66. The van der Waals surface area contributed by atoms with E-state index in [9.17, 15) is 17.6 Å². The number of carbonyl (C=O) groups is 1. The number of hydrogen-bond acceptors (Lipinski definition) is 4. The van der Waals surface area contributed by atoms with Crippen LogP contribution >= 0.6 is 0 Å². The van der Waals surface area contributed by atoms with E-state index >= 15 is 0 Å². The summed E-state index contributed by atoms with van der Waals surface area (Å²) in [7, 11) is -3.65. The maximum Gasteiger partial charge on any atom is 0.232 e. The van der Waals surface area contributed by atoms with Gasteiger partial charge >= 0.3 is 0 Å². The molecule has 0 spiro atoms. The minimum atomic E-state index is -3.65. The summed E-state index contributed by atoms with van der Waals surface area (Å²) < 4.78 is 43.7. The van der Waals surface area contributed by atoms with Crippen LogP contribution in [0.15, 0.2) is 48.5 Å². The first kappa shape index (κ1) is 19.7. The van der Waals surface area contributed by atoms with Gasteiger partial charge in [-0.2, -0.15) is 0 Å². The van der Waals surface area contributed by atoms with Gasteiger partial charge in [-0.25, -0.2) is 12.8 Å². The lowest BCUT2D eigenvalue weighted by Gasteiger charge is -2.22. The van der Waals surface area contributed by atoms with Crippen LogP contribution in [-0.2, 0) is 14.8 Å². The smallest absolute Gasteiger partial charge is 0.232 e. The third-order valence-electron chi connectivity index (χ3n) is 3.49. The van der Waals surface area contributed by atoms with E-state index in [2.05, 4.69) is 5.32 Å². The van der Waals surface area contributed by atoms with E-state index in [1.165, 1.54) is 18.2 Å². The number of anilines is 2. The van der Waals surface area contributed by atoms with Crippen LogP contribution in [0.3, 0.4) is 0 Å². The molecule has 0 aliphatic heterocycles. The normalized spacial score (nSPS) is 11.0. The van der Waals surface area contributed by atoms with Gasteiger partial charge in [-0.05, 0) is 49.4 Å². The van der Waals surface area contributed by atoms with Crippen molar-refractivity contribution in [3.8, 4) is 5.75 Å². The van der Waals surface area contributed by atoms with Gasteiger partial charge in [0.25, 0.3) is 0 Å². The number of amides is 1. The Morgan fingerprint density at radius 3 is 2.46 bits per heavy atom. The maximum atomic E-state index is 13.4. The maximum absolute atomic E-state index is 13.4. The van der Waals surface area contributed by atoms with Crippen molar-refractivity contribution in [3.63, 3.8) is 0 Å². The monoisotopic (exact) mass is 380 g/mol. The molecule has 1 amide bonds. The second-order valence-electron chi connectivity index (χ2n) is 5.57. The average Bonchev–Trinajstić information content (AvgIpc) is 2.56. The van der Waals surface area contributed by atoms with Crippen LogP contribution in [-0.4, -0.2) is 33.7 Å². The molecule has 0 saturated carbocycles. The average molecular weight is 380 g/mol. The Bertz CT molecular complexity index is 854. The molecule has 0 aromatic heterocycles. The highest BCUT2D eigenvalue weighted by Gasteiger charge is 2.19. The molecule has 2 aromatic carbocycles. The molecule has 0 heterocycles. The summed E-state index contributed by atoms with van der Waals surface area (Å²) in [5.41, 5.74) is 0.761. The molecule has 0 aliphatic carbocycles. The Kier molecular flexibility index (Phi) is 6.57. The van der Waals surface area contributed by atoms with E-state index in [1.807, 2.05) is 6.92 Å². The first-order chi connectivity index (χ1) is 12.3. The number of sulfonamides is 1. The Hall–Kier alpha value is -2.61. The highest BCUT2D eigenvalue weighted by molar-refractivity contribution is 7.92. The highest BCUT2D eigenvalue weighted by atomic mass is 32.2. The standard InChI is InChI=1S/C18H21FN2O4S/c1-3-25-17-9-7-15(8-10-17)20-18(22)11-12-21(26(2,23)24)16-6-4-5-14(19)13-16/h4-10,13H,3,11-12H2,1-2H3,(H,20,22). The molecule has 0 radical (unpaired) electrons. The lowest BCUT2D eigenvalue weighted by Crippen LogP contribution is -2.33. The first-order valence-electron chi connectivity index (χ1n) is 8.05. The SMILES string of the molecule is CCOc1ccc(NC(=O)CCN(c2cccc(F)c2)S(C)(=O)=O)cc1. The van der Waals surface area contributed by atoms with Crippen LogP contribution in [0.25, 0.3) is 0 Å². The molecule has 0 bridgehead atoms. The van der Waals surface area contributed by atoms with E-state index in [4.69, 9.17) is 4.74 Å². The Balaban J connectivity index is 2.01.